The second-order valence-electron chi connectivity index (χ2n) is 4.73. The SMILES string of the molecule is COc1cccc(/C=N/NC(=O)COc2ccc([N+](=O)[O-])cc2)c1O. The monoisotopic (exact) mass is 345 g/mol. The van der Waals surface area contributed by atoms with Crippen molar-refractivity contribution in [3.8, 4) is 17.2 Å². The fraction of sp³-hybridized carbons (Fsp3) is 0.125. The molecule has 9 nitrogen and oxygen atoms in total. The first-order valence-electron chi connectivity index (χ1n) is 7.06. The molecule has 0 radical (unpaired) electrons. The second-order valence-corrected chi connectivity index (χ2v) is 4.73. The molecular weight excluding hydrogens is 330 g/mol. The number of aromatic hydroxyl groups is 1. The fourth-order valence-electron chi connectivity index (χ4n) is 1.83. The lowest BCUT2D eigenvalue weighted by Crippen LogP contribution is -2.24. The number of hydrogen-bond donors (Lipinski definition) is 2. The van der Waals surface area contributed by atoms with Crippen LogP contribution in [0.5, 0.6) is 17.2 Å². The number of carbonyl (C=O) groups is 1. The molecule has 2 N–H and O–H groups in total. The van der Waals surface area contributed by atoms with Crippen molar-refractivity contribution in [1.29, 1.82) is 0 Å². The summed E-state index contributed by atoms with van der Waals surface area (Å²) in [6.07, 6.45) is 1.27. The van der Waals surface area contributed by atoms with Gasteiger partial charge in [-0.25, -0.2) is 5.43 Å². The summed E-state index contributed by atoms with van der Waals surface area (Å²) in [6, 6.07) is 10.2. The summed E-state index contributed by atoms with van der Waals surface area (Å²) in [5.41, 5.74) is 2.54. The summed E-state index contributed by atoms with van der Waals surface area (Å²) in [6.45, 7) is -0.320. The van der Waals surface area contributed by atoms with Gasteiger partial charge >= 0.3 is 0 Å². The Hall–Kier alpha value is -3.62. The van der Waals surface area contributed by atoms with Crippen molar-refractivity contribution >= 4 is 17.8 Å². The number of amides is 1. The molecule has 0 aliphatic rings. The number of hydrazone groups is 1. The van der Waals surface area contributed by atoms with Crippen LogP contribution < -0.4 is 14.9 Å². The van der Waals surface area contributed by atoms with E-state index in [0.717, 1.165) is 0 Å². The minimum atomic E-state index is -0.531. The van der Waals surface area contributed by atoms with Crippen LogP contribution in [0.4, 0.5) is 5.69 Å². The number of nitrogens with one attached hydrogen (secondary N) is 1. The molecule has 0 heterocycles. The number of hydrogen-bond acceptors (Lipinski definition) is 7. The van der Waals surface area contributed by atoms with Crippen molar-refractivity contribution in [3.05, 3.63) is 58.1 Å². The minimum Gasteiger partial charge on any atom is -0.504 e. The number of ether oxygens (including phenoxy) is 2. The average Bonchev–Trinajstić information content (AvgIpc) is 2.61. The zero-order valence-electron chi connectivity index (χ0n) is 13.2. The van der Waals surface area contributed by atoms with Crippen LogP contribution in [-0.4, -0.2) is 35.9 Å². The number of nitro benzene ring substituents is 1. The zero-order chi connectivity index (χ0) is 18.2. The van der Waals surface area contributed by atoms with E-state index in [1.165, 1.54) is 37.6 Å². The quantitative estimate of drug-likeness (QED) is 0.448. The van der Waals surface area contributed by atoms with Crippen LogP contribution in [0.1, 0.15) is 5.56 Å². The number of methoxy groups -OCH3 is 1. The van der Waals surface area contributed by atoms with E-state index in [1.807, 2.05) is 0 Å². The maximum Gasteiger partial charge on any atom is 0.277 e. The Bertz CT molecular complexity index is 789. The molecule has 2 aromatic carbocycles. The summed E-state index contributed by atoms with van der Waals surface area (Å²) < 4.78 is 10.2. The third-order valence-corrected chi connectivity index (χ3v) is 3.06. The zero-order valence-corrected chi connectivity index (χ0v) is 13.2. The van der Waals surface area contributed by atoms with Crippen molar-refractivity contribution in [1.82, 2.24) is 5.43 Å². The first-order chi connectivity index (χ1) is 12.0. The van der Waals surface area contributed by atoms with E-state index in [-0.39, 0.29) is 23.8 Å². The van der Waals surface area contributed by atoms with E-state index in [1.54, 1.807) is 18.2 Å². The molecule has 2 aromatic rings. The van der Waals surface area contributed by atoms with Gasteiger partial charge in [0.25, 0.3) is 11.6 Å². The molecule has 9 heteroatoms. The van der Waals surface area contributed by atoms with Crippen molar-refractivity contribution in [2.75, 3.05) is 13.7 Å². The van der Waals surface area contributed by atoms with Gasteiger partial charge in [-0.3, -0.25) is 14.9 Å². The molecule has 0 atom stereocenters. The molecule has 0 bridgehead atoms. The molecule has 0 saturated carbocycles. The molecule has 0 spiro atoms. The molecule has 0 fully saturated rings. The predicted octanol–water partition coefficient (Wildman–Crippen LogP) is 1.84. The van der Waals surface area contributed by atoms with Crippen LogP contribution in [0.15, 0.2) is 47.6 Å². The van der Waals surface area contributed by atoms with Gasteiger partial charge in [0.05, 0.1) is 18.2 Å². The number of rotatable bonds is 7. The molecule has 130 valence electrons. The summed E-state index contributed by atoms with van der Waals surface area (Å²) in [5, 5.41) is 24.1. The van der Waals surface area contributed by atoms with Gasteiger partial charge in [-0.2, -0.15) is 5.10 Å². The number of para-hydroxylation sites is 1. The molecule has 25 heavy (non-hydrogen) atoms. The van der Waals surface area contributed by atoms with Crippen molar-refractivity contribution < 1.29 is 24.3 Å². The van der Waals surface area contributed by atoms with Gasteiger partial charge in [-0.05, 0) is 24.3 Å². The first kappa shape index (κ1) is 17.7. The number of benzene rings is 2. The van der Waals surface area contributed by atoms with Crippen molar-refractivity contribution in [2.45, 2.75) is 0 Å². The van der Waals surface area contributed by atoms with Gasteiger partial charge in [-0.15, -0.1) is 0 Å². The Morgan fingerprint density at radius 3 is 2.68 bits per heavy atom. The summed E-state index contributed by atoms with van der Waals surface area (Å²) >= 11 is 0. The highest BCUT2D eigenvalue weighted by Crippen LogP contribution is 2.27. The van der Waals surface area contributed by atoms with Gasteiger partial charge in [0.2, 0.25) is 0 Å². The molecule has 0 aliphatic heterocycles. The number of nitro groups is 1. The lowest BCUT2D eigenvalue weighted by molar-refractivity contribution is -0.384. The Morgan fingerprint density at radius 2 is 2.04 bits per heavy atom. The number of phenolic OH excluding ortho intramolecular Hbond substituents is 1. The van der Waals surface area contributed by atoms with Crippen LogP contribution in [0.2, 0.25) is 0 Å². The Labute approximate surface area is 142 Å². The van der Waals surface area contributed by atoms with Gasteiger partial charge in [0, 0.05) is 17.7 Å². The van der Waals surface area contributed by atoms with Gasteiger partial charge < -0.3 is 14.6 Å². The minimum absolute atomic E-state index is 0.0699. The number of nitrogens with zero attached hydrogens (tertiary/aromatic N) is 2. The van der Waals surface area contributed by atoms with Crippen LogP contribution in [0.3, 0.4) is 0 Å². The molecular formula is C16H15N3O6. The highest BCUT2D eigenvalue weighted by Gasteiger charge is 2.07. The molecule has 0 unspecified atom stereocenters. The Morgan fingerprint density at radius 1 is 1.32 bits per heavy atom. The lowest BCUT2D eigenvalue weighted by atomic mass is 10.2. The number of carbonyl (C=O) groups excluding carboxylic acids is 1. The smallest absolute Gasteiger partial charge is 0.277 e. The second kappa shape index (κ2) is 8.29. The standard InChI is InChI=1S/C16H15N3O6/c1-24-14-4-2-3-11(16(14)21)9-17-18-15(20)10-25-13-7-5-12(6-8-13)19(22)23/h2-9,21H,10H2,1H3,(H,18,20)/b17-9+. The maximum atomic E-state index is 11.6. The molecule has 0 aliphatic carbocycles. The normalized spacial score (nSPS) is 10.4. The molecule has 0 aromatic heterocycles. The molecule has 2 rings (SSSR count). The Balaban J connectivity index is 1.85. The largest absolute Gasteiger partial charge is 0.504 e. The van der Waals surface area contributed by atoms with Crippen LogP contribution in [0, 0.1) is 10.1 Å². The highest BCUT2D eigenvalue weighted by atomic mass is 16.6. The topological polar surface area (TPSA) is 123 Å². The van der Waals surface area contributed by atoms with E-state index in [9.17, 15) is 20.0 Å². The summed E-state index contributed by atoms with van der Waals surface area (Å²) in [4.78, 5) is 21.7. The van der Waals surface area contributed by atoms with Gasteiger partial charge in [-0.1, -0.05) is 6.07 Å². The molecule has 0 saturated heterocycles. The third kappa shape index (κ3) is 4.93. The van der Waals surface area contributed by atoms with Crippen LogP contribution >= 0.6 is 0 Å². The van der Waals surface area contributed by atoms with Crippen molar-refractivity contribution in [2.24, 2.45) is 5.10 Å². The fourth-order valence-corrected chi connectivity index (χ4v) is 1.83. The van der Waals surface area contributed by atoms with E-state index in [4.69, 9.17) is 9.47 Å². The van der Waals surface area contributed by atoms with Crippen molar-refractivity contribution in [3.63, 3.8) is 0 Å². The van der Waals surface area contributed by atoms with E-state index < -0.39 is 10.8 Å². The number of non-ortho nitro benzene ring substituents is 1. The van der Waals surface area contributed by atoms with Gasteiger partial charge in [0.1, 0.15) is 5.75 Å². The highest BCUT2D eigenvalue weighted by molar-refractivity contribution is 5.86. The van der Waals surface area contributed by atoms with Crippen LogP contribution in [0.25, 0.3) is 0 Å². The Kier molecular flexibility index (Phi) is 5.88. The summed E-state index contributed by atoms with van der Waals surface area (Å²) in [5.74, 6) is -0.0194. The maximum absolute atomic E-state index is 11.6. The third-order valence-electron chi connectivity index (χ3n) is 3.06. The lowest BCUT2D eigenvalue weighted by Gasteiger charge is -2.06. The van der Waals surface area contributed by atoms with E-state index >= 15 is 0 Å². The van der Waals surface area contributed by atoms with E-state index in [0.29, 0.717) is 11.3 Å². The average molecular weight is 345 g/mol. The molecule has 1 amide bonds. The predicted molar refractivity (Wildman–Crippen MR) is 89.0 cm³/mol. The van der Waals surface area contributed by atoms with Gasteiger partial charge in [0.15, 0.2) is 18.1 Å². The number of phenols is 1. The summed E-state index contributed by atoms with van der Waals surface area (Å²) in [7, 11) is 1.42. The first-order valence-corrected chi connectivity index (χ1v) is 7.06. The van der Waals surface area contributed by atoms with E-state index in [2.05, 4.69) is 10.5 Å². The van der Waals surface area contributed by atoms with Crippen LogP contribution in [-0.2, 0) is 4.79 Å².